The summed E-state index contributed by atoms with van der Waals surface area (Å²) in [5.41, 5.74) is -1.42. The zero-order valence-corrected chi connectivity index (χ0v) is 11.3. The molecule has 19 heavy (non-hydrogen) atoms. The number of hydrogen-bond donors (Lipinski definition) is 2. The second kappa shape index (κ2) is 5.92. The standard InChI is InChI=1S/C12H20F3N3O/c1-9(2)16-11(3,8-19)5-7-18-6-4-10(17-18)12(13,14)15/h4,6,9,16,19H,5,7-8H2,1-3H3. The van der Waals surface area contributed by atoms with Gasteiger partial charge in [0.05, 0.1) is 6.61 Å². The fraction of sp³-hybridized carbons (Fsp3) is 0.750. The Balaban J connectivity index is 2.63. The molecule has 1 unspecified atom stereocenters. The summed E-state index contributed by atoms with van der Waals surface area (Å²) in [7, 11) is 0. The molecule has 1 aromatic heterocycles. The minimum absolute atomic E-state index is 0.0847. The van der Waals surface area contributed by atoms with Gasteiger partial charge >= 0.3 is 6.18 Å². The summed E-state index contributed by atoms with van der Waals surface area (Å²) in [6.45, 7) is 5.96. The number of aromatic nitrogens is 2. The first-order valence-corrected chi connectivity index (χ1v) is 6.15. The van der Waals surface area contributed by atoms with Crippen molar-refractivity contribution in [1.29, 1.82) is 0 Å². The van der Waals surface area contributed by atoms with Gasteiger partial charge < -0.3 is 10.4 Å². The number of alkyl halides is 3. The Hall–Kier alpha value is -1.08. The van der Waals surface area contributed by atoms with Crippen molar-refractivity contribution in [1.82, 2.24) is 15.1 Å². The number of nitrogens with zero attached hydrogens (tertiary/aromatic N) is 2. The van der Waals surface area contributed by atoms with Crippen LogP contribution in [0.25, 0.3) is 0 Å². The van der Waals surface area contributed by atoms with Crippen LogP contribution in [0, 0.1) is 0 Å². The summed E-state index contributed by atoms with van der Waals surface area (Å²) in [6, 6.07) is 1.13. The van der Waals surface area contributed by atoms with Crippen LogP contribution in [0.1, 0.15) is 32.9 Å². The van der Waals surface area contributed by atoms with E-state index in [9.17, 15) is 18.3 Å². The van der Waals surface area contributed by atoms with Crippen LogP contribution in [0.5, 0.6) is 0 Å². The predicted molar refractivity (Wildman–Crippen MR) is 65.6 cm³/mol. The van der Waals surface area contributed by atoms with Crippen molar-refractivity contribution in [2.24, 2.45) is 0 Å². The highest BCUT2D eigenvalue weighted by molar-refractivity contribution is 5.03. The topological polar surface area (TPSA) is 50.1 Å². The SMILES string of the molecule is CC(C)NC(C)(CO)CCn1ccc(C(F)(F)F)n1. The van der Waals surface area contributed by atoms with E-state index in [1.165, 1.54) is 10.9 Å². The highest BCUT2D eigenvalue weighted by Crippen LogP contribution is 2.27. The smallest absolute Gasteiger partial charge is 0.394 e. The van der Waals surface area contributed by atoms with Gasteiger partial charge in [0.15, 0.2) is 5.69 Å². The zero-order valence-electron chi connectivity index (χ0n) is 11.3. The minimum Gasteiger partial charge on any atom is -0.394 e. The number of halogens is 3. The van der Waals surface area contributed by atoms with E-state index in [1.807, 2.05) is 20.8 Å². The lowest BCUT2D eigenvalue weighted by Gasteiger charge is -2.31. The van der Waals surface area contributed by atoms with Crippen LogP contribution in [-0.4, -0.2) is 33.1 Å². The van der Waals surface area contributed by atoms with Crippen LogP contribution in [0.15, 0.2) is 12.3 Å². The van der Waals surface area contributed by atoms with Crippen LogP contribution in [0.4, 0.5) is 13.2 Å². The molecule has 0 aromatic carbocycles. The summed E-state index contributed by atoms with van der Waals surface area (Å²) in [5.74, 6) is 0. The van der Waals surface area contributed by atoms with Crippen LogP contribution in [-0.2, 0) is 12.7 Å². The van der Waals surface area contributed by atoms with Crippen molar-refractivity contribution in [3.8, 4) is 0 Å². The number of nitrogens with one attached hydrogen (secondary N) is 1. The van der Waals surface area contributed by atoms with Gasteiger partial charge in [-0.3, -0.25) is 4.68 Å². The number of hydrogen-bond acceptors (Lipinski definition) is 3. The van der Waals surface area contributed by atoms with Gasteiger partial charge in [0.25, 0.3) is 0 Å². The molecule has 0 fully saturated rings. The van der Waals surface area contributed by atoms with Gasteiger partial charge in [-0.1, -0.05) is 13.8 Å². The van der Waals surface area contributed by atoms with Gasteiger partial charge in [-0.25, -0.2) is 0 Å². The molecule has 0 saturated carbocycles. The number of aryl methyl sites for hydroxylation is 1. The summed E-state index contributed by atoms with van der Waals surface area (Å²) < 4.78 is 38.4. The monoisotopic (exact) mass is 279 g/mol. The van der Waals surface area contributed by atoms with Crippen molar-refractivity contribution < 1.29 is 18.3 Å². The molecule has 0 aliphatic heterocycles. The van der Waals surface area contributed by atoms with E-state index in [1.54, 1.807) is 0 Å². The third kappa shape index (κ3) is 4.83. The normalized spacial score (nSPS) is 15.8. The van der Waals surface area contributed by atoms with Crippen molar-refractivity contribution in [3.63, 3.8) is 0 Å². The average molecular weight is 279 g/mol. The Morgan fingerprint density at radius 3 is 2.47 bits per heavy atom. The summed E-state index contributed by atoms with van der Waals surface area (Å²) in [6.07, 6.45) is -2.63. The van der Waals surface area contributed by atoms with Gasteiger partial charge in [-0.2, -0.15) is 18.3 Å². The summed E-state index contributed by atoms with van der Waals surface area (Å²) >= 11 is 0. The van der Waals surface area contributed by atoms with E-state index in [0.29, 0.717) is 13.0 Å². The fourth-order valence-electron chi connectivity index (χ4n) is 1.89. The van der Waals surface area contributed by atoms with E-state index >= 15 is 0 Å². The van der Waals surface area contributed by atoms with E-state index < -0.39 is 17.4 Å². The second-order valence-electron chi connectivity index (χ2n) is 5.23. The lowest BCUT2D eigenvalue weighted by molar-refractivity contribution is -0.141. The maximum Gasteiger partial charge on any atom is 0.435 e. The lowest BCUT2D eigenvalue weighted by Crippen LogP contribution is -2.49. The van der Waals surface area contributed by atoms with Crippen molar-refractivity contribution >= 4 is 0 Å². The lowest BCUT2D eigenvalue weighted by atomic mass is 9.98. The van der Waals surface area contributed by atoms with Gasteiger partial charge in [0.2, 0.25) is 0 Å². The Kier molecular flexibility index (Phi) is 4.98. The molecule has 0 spiro atoms. The van der Waals surface area contributed by atoms with E-state index in [4.69, 9.17) is 0 Å². The largest absolute Gasteiger partial charge is 0.435 e. The van der Waals surface area contributed by atoms with Crippen molar-refractivity contribution in [2.75, 3.05) is 6.61 Å². The van der Waals surface area contributed by atoms with Gasteiger partial charge in [0.1, 0.15) is 0 Å². The highest BCUT2D eigenvalue weighted by atomic mass is 19.4. The van der Waals surface area contributed by atoms with E-state index in [2.05, 4.69) is 10.4 Å². The molecule has 0 radical (unpaired) electrons. The average Bonchev–Trinajstić information content (AvgIpc) is 2.74. The Morgan fingerprint density at radius 1 is 1.42 bits per heavy atom. The molecule has 0 bridgehead atoms. The molecule has 0 saturated heterocycles. The molecule has 1 heterocycles. The Bertz CT molecular complexity index is 403. The maximum absolute atomic E-state index is 12.4. The first kappa shape index (κ1) is 16.0. The third-order valence-corrected chi connectivity index (χ3v) is 2.81. The van der Waals surface area contributed by atoms with Crippen LogP contribution in [0.3, 0.4) is 0 Å². The van der Waals surface area contributed by atoms with E-state index in [0.717, 1.165) is 6.07 Å². The molecule has 7 heteroatoms. The number of rotatable bonds is 6. The molecule has 0 aliphatic carbocycles. The number of aliphatic hydroxyl groups is 1. The summed E-state index contributed by atoms with van der Waals surface area (Å²) in [5, 5.41) is 16.1. The molecule has 1 aromatic rings. The molecule has 0 aliphatic rings. The number of aliphatic hydroxyl groups excluding tert-OH is 1. The molecule has 4 nitrogen and oxygen atoms in total. The van der Waals surface area contributed by atoms with E-state index in [-0.39, 0.29) is 12.6 Å². The van der Waals surface area contributed by atoms with Crippen LogP contribution < -0.4 is 5.32 Å². The minimum atomic E-state index is -4.41. The first-order chi connectivity index (χ1) is 8.66. The molecular weight excluding hydrogens is 259 g/mol. The predicted octanol–water partition coefficient (Wildman–Crippen LogP) is 2.04. The molecule has 0 amide bonds. The highest BCUT2D eigenvalue weighted by Gasteiger charge is 2.33. The molecule has 1 rings (SSSR count). The van der Waals surface area contributed by atoms with Gasteiger partial charge in [0, 0.05) is 24.3 Å². The molecule has 110 valence electrons. The van der Waals surface area contributed by atoms with Crippen molar-refractivity contribution in [3.05, 3.63) is 18.0 Å². The van der Waals surface area contributed by atoms with Crippen LogP contribution in [0.2, 0.25) is 0 Å². The molecular formula is C12H20F3N3O. The van der Waals surface area contributed by atoms with Crippen molar-refractivity contribution in [2.45, 2.75) is 51.5 Å². The summed E-state index contributed by atoms with van der Waals surface area (Å²) in [4.78, 5) is 0. The second-order valence-corrected chi connectivity index (χ2v) is 5.23. The fourth-order valence-corrected chi connectivity index (χ4v) is 1.89. The molecule has 2 N–H and O–H groups in total. The first-order valence-electron chi connectivity index (χ1n) is 6.15. The quantitative estimate of drug-likeness (QED) is 0.838. The maximum atomic E-state index is 12.4. The van der Waals surface area contributed by atoms with Gasteiger partial charge in [-0.05, 0) is 19.4 Å². The third-order valence-electron chi connectivity index (χ3n) is 2.81. The van der Waals surface area contributed by atoms with Gasteiger partial charge in [-0.15, -0.1) is 0 Å². The molecule has 1 atom stereocenters. The Morgan fingerprint density at radius 2 is 2.05 bits per heavy atom. The van der Waals surface area contributed by atoms with Crippen LogP contribution >= 0.6 is 0 Å². The zero-order chi connectivity index (χ0) is 14.7. The Labute approximate surface area is 110 Å².